The summed E-state index contributed by atoms with van der Waals surface area (Å²) in [6.07, 6.45) is 2.27. The summed E-state index contributed by atoms with van der Waals surface area (Å²) >= 11 is 0. The minimum atomic E-state index is -1.72. The third-order valence-electron chi connectivity index (χ3n) is 6.04. The van der Waals surface area contributed by atoms with Gasteiger partial charge in [-0.25, -0.2) is 0 Å². The average molecular weight is 416 g/mol. The Hall–Kier alpha value is -2.56. The molecule has 4 heterocycles. The van der Waals surface area contributed by atoms with Crippen LogP contribution in [0.15, 0.2) is 24.4 Å². The van der Waals surface area contributed by atoms with Crippen LogP contribution in [-0.2, 0) is 19.1 Å². The zero-order valence-electron chi connectivity index (χ0n) is 17.0. The molecule has 2 N–H and O–H groups in total. The number of nitrogens with one attached hydrogen (secondary N) is 2. The SMILES string of the molecule is O=CN1CCNC(c2ccccn2)C1(C(=O)N1CCNCC1)C(=O)N1CCOCC1. The molecule has 0 aliphatic carbocycles. The number of piperazine rings is 2. The number of hydrogen-bond acceptors (Lipinski definition) is 7. The molecule has 1 aromatic heterocycles. The first kappa shape index (κ1) is 20.7. The molecule has 4 rings (SSSR count). The molecule has 2 atom stereocenters. The smallest absolute Gasteiger partial charge is 0.260 e. The van der Waals surface area contributed by atoms with E-state index in [0.29, 0.717) is 71.1 Å². The Kier molecular flexibility index (Phi) is 6.26. The summed E-state index contributed by atoms with van der Waals surface area (Å²) in [5.74, 6) is -0.722. The van der Waals surface area contributed by atoms with Crippen LogP contribution in [0, 0.1) is 0 Å². The zero-order valence-corrected chi connectivity index (χ0v) is 17.0. The third kappa shape index (κ3) is 3.55. The van der Waals surface area contributed by atoms with Crippen molar-refractivity contribution < 1.29 is 19.1 Å². The molecule has 1 aromatic rings. The molecule has 10 nitrogen and oxygen atoms in total. The van der Waals surface area contributed by atoms with Crippen LogP contribution in [0.3, 0.4) is 0 Å². The Balaban J connectivity index is 1.83. The van der Waals surface area contributed by atoms with Crippen molar-refractivity contribution in [1.82, 2.24) is 30.3 Å². The van der Waals surface area contributed by atoms with Gasteiger partial charge in [-0.3, -0.25) is 19.4 Å². The maximum absolute atomic E-state index is 14.1. The van der Waals surface area contributed by atoms with Crippen LogP contribution in [-0.4, -0.2) is 109 Å². The molecule has 162 valence electrons. The van der Waals surface area contributed by atoms with E-state index in [-0.39, 0.29) is 18.4 Å². The molecule has 30 heavy (non-hydrogen) atoms. The molecule has 2 unspecified atom stereocenters. The van der Waals surface area contributed by atoms with Crippen LogP contribution in [0.4, 0.5) is 0 Å². The van der Waals surface area contributed by atoms with Gasteiger partial charge in [-0.05, 0) is 12.1 Å². The summed E-state index contributed by atoms with van der Waals surface area (Å²) in [6.45, 7) is 4.59. The maximum atomic E-state index is 14.1. The lowest BCUT2D eigenvalue weighted by Crippen LogP contribution is -2.76. The predicted molar refractivity (Wildman–Crippen MR) is 107 cm³/mol. The van der Waals surface area contributed by atoms with Crippen molar-refractivity contribution in [2.24, 2.45) is 0 Å². The quantitative estimate of drug-likeness (QED) is 0.441. The van der Waals surface area contributed by atoms with E-state index < -0.39 is 11.6 Å². The number of hydrogen-bond donors (Lipinski definition) is 2. The normalized spacial score (nSPS) is 27.6. The second-order valence-corrected chi connectivity index (χ2v) is 7.65. The van der Waals surface area contributed by atoms with Crippen molar-refractivity contribution in [3.63, 3.8) is 0 Å². The van der Waals surface area contributed by atoms with Gasteiger partial charge in [0.15, 0.2) is 0 Å². The van der Waals surface area contributed by atoms with Crippen molar-refractivity contribution in [3.05, 3.63) is 30.1 Å². The van der Waals surface area contributed by atoms with E-state index >= 15 is 0 Å². The molecule has 3 aliphatic heterocycles. The van der Waals surface area contributed by atoms with E-state index in [4.69, 9.17) is 4.74 Å². The van der Waals surface area contributed by atoms with Crippen LogP contribution in [0.25, 0.3) is 0 Å². The summed E-state index contributed by atoms with van der Waals surface area (Å²) in [4.78, 5) is 49.5. The second kappa shape index (κ2) is 9.07. The number of pyridine rings is 1. The monoisotopic (exact) mass is 416 g/mol. The fourth-order valence-electron chi connectivity index (χ4n) is 4.52. The van der Waals surface area contributed by atoms with Crippen molar-refractivity contribution in [1.29, 1.82) is 0 Å². The van der Waals surface area contributed by atoms with Gasteiger partial charge < -0.3 is 30.1 Å². The Morgan fingerprint density at radius 1 is 1.03 bits per heavy atom. The first-order chi connectivity index (χ1) is 14.7. The van der Waals surface area contributed by atoms with Crippen LogP contribution in [0.2, 0.25) is 0 Å². The van der Waals surface area contributed by atoms with Gasteiger partial charge in [0.1, 0.15) is 0 Å². The number of carbonyl (C=O) groups is 3. The van der Waals surface area contributed by atoms with Crippen LogP contribution in [0.5, 0.6) is 0 Å². The number of carbonyl (C=O) groups excluding carboxylic acids is 3. The van der Waals surface area contributed by atoms with E-state index in [0.717, 1.165) is 0 Å². The highest BCUT2D eigenvalue weighted by atomic mass is 16.5. The summed E-state index contributed by atoms with van der Waals surface area (Å²) in [5.41, 5.74) is -1.16. The number of amides is 3. The van der Waals surface area contributed by atoms with E-state index in [9.17, 15) is 14.4 Å². The lowest BCUT2D eigenvalue weighted by atomic mass is 9.80. The Morgan fingerprint density at radius 2 is 1.73 bits per heavy atom. The van der Waals surface area contributed by atoms with E-state index in [1.807, 2.05) is 6.07 Å². The van der Waals surface area contributed by atoms with Gasteiger partial charge in [-0.15, -0.1) is 0 Å². The first-order valence-electron chi connectivity index (χ1n) is 10.4. The molecular weight excluding hydrogens is 388 g/mol. The largest absolute Gasteiger partial charge is 0.378 e. The lowest BCUT2D eigenvalue weighted by Gasteiger charge is -2.51. The number of morpholine rings is 1. The fraction of sp³-hybridized carbons (Fsp3) is 0.600. The molecular formula is C20H28N6O4. The van der Waals surface area contributed by atoms with Gasteiger partial charge in [0.25, 0.3) is 11.8 Å². The van der Waals surface area contributed by atoms with Crippen molar-refractivity contribution in [2.75, 3.05) is 65.6 Å². The van der Waals surface area contributed by atoms with Crippen LogP contribution < -0.4 is 10.6 Å². The highest BCUT2D eigenvalue weighted by molar-refractivity contribution is 6.12. The minimum Gasteiger partial charge on any atom is -0.378 e. The molecule has 10 heteroatoms. The van der Waals surface area contributed by atoms with Crippen LogP contribution in [0.1, 0.15) is 11.7 Å². The van der Waals surface area contributed by atoms with E-state index in [2.05, 4.69) is 15.6 Å². The second-order valence-electron chi connectivity index (χ2n) is 7.65. The van der Waals surface area contributed by atoms with E-state index in [1.165, 1.54) is 4.90 Å². The Labute approximate surface area is 175 Å². The molecule has 0 bridgehead atoms. The molecule has 3 aliphatic rings. The van der Waals surface area contributed by atoms with Gasteiger partial charge in [0.05, 0.1) is 24.9 Å². The molecule has 0 spiro atoms. The highest BCUT2D eigenvalue weighted by Gasteiger charge is 2.61. The molecule has 0 saturated carbocycles. The number of rotatable bonds is 4. The topological polar surface area (TPSA) is 107 Å². The molecule has 0 radical (unpaired) electrons. The van der Waals surface area contributed by atoms with E-state index in [1.54, 1.807) is 28.1 Å². The Bertz CT molecular complexity index is 734. The first-order valence-corrected chi connectivity index (χ1v) is 10.4. The Morgan fingerprint density at radius 3 is 2.37 bits per heavy atom. The molecule has 3 amide bonds. The van der Waals surface area contributed by atoms with Gasteiger partial charge in [-0.2, -0.15) is 0 Å². The summed E-state index contributed by atoms with van der Waals surface area (Å²) in [7, 11) is 0. The molecule has 3 saturated heterocycles. The van der Waals surface area contributed by atoms with Crippen molar-refractivity contribution >= 4 is 18.2 Å². The van der Waals surface area contributed by atoms with Gasteiger partial charge in [0, 0.05) is 58.6 Å². The standard InChI is InChI=1S/C20H28N6O4/c27-15-26-10-7-23-17(16-3-1-2-4-22-16)20(26,18(28)24-8-5-21-6-9-24)19(29)25-11-13-30-14-12-25/h1-4,15,17,21,23H,5-14H2. The highest BCUT2D eigenvalue weighted by Crippen LogP contribution is 2.37. The summed E-state index contributed by atoms with van der Waals surface area (Å²) < 4.78 is 5.40. The molecule has 3 fully saturated rings. The van der Waals surface area contributed by atoms with Crippen molar-refractivity contribution in [2.45, 2.75) is 11.6 Å². The predicted octanol–water partition coefficient (Wildman–Crippen LogP) is -1.79. The molecule has 0 aromatic carbocycles. The minimum absolute atomic E-state index is 0.265. The third-order valence-corrected chi connectivity index (χ3v) is 6.04. The van der Waals surface area contributed by atoms with Crippen LogP contribution >= 0.6 is 0 Å². The van der Waals surface area contributed by atoms with Gasteiger partial charge in [-0.1, -0.05) is 6.07 Å². The lowest BCUT2D eigenvalue weighted by molar-refractivity contribution is -0.170. The fourth-order valence-corrected chi connectivity index (χ4v) is 4.52. The van der Waals surface area contributed by atoms with Gasteiger partial charge in [0.2, 0.25) is 11.9 Å². The summed E-state index contributed by atoms with van der Waals surface area (Å²) in [5, 5.41) is 6.55. The number of ether oxygens (including phenoxy) is 1. The number of nitrogens with zero attached hydrogens (tertiary/aromatic N) is 4. The average Bonchev–Trinajstić information content (AvgIpc) is 2.84. The van der Waals surface area contributed by atoms with Crippen molar-refractivity contribution in [3.8, 4) is 0 Å². The zero-order chi connectivity index (χ0) is 21.0. The maximum Gasteiger partial charge on any atom is 0.260 e. The summed E-state index contributed by atoms with van der Waals surface area (Å²) in [6, 6.07) is 4.66. The number of aromatic nitrogens is 1. The van der Waals surface area contributed by atoms with Gasteiger partial charge >= 0.3 is 0 Å².